The molecule has 22 heavy (non-hydrogen) atoms. The van der Waals surface area contributed by atoms with Gasteiger partial charge in [0, 0.05) is 39.3 Å². The Bertz CT molecular complexity index is 947. The van der Waals surface area contributed by atoms with Gasteiger partial charge in [0.15, 0.2) is 5.78 Å². The zero-order valence-corrected chi connectivity index (χ0v) is 13.0. The second-order valence-corrected chi connectivity index (χ2v) is 6.59. The standard InChI is InChI=1S/C16H11ClN2O2S/c17-9-1-2-11-10(5-9)16(21)15-12(19-11)3-8(4-14(15)20)13-6-22-7-18-13/h1-2,5-8H,3-4H2,(H,19,21). The maximum absolute atomic E-state index is 12.6. The van der Waals surface area contributed by atoms with Gasteiger partial charge in [0.05, 0.1) is 16.8 Å². The van der Waals surface area contributed by atoms with Crippen LogP contribution in [-0.4, -0.2) is 15.8 Å². The molecule has 0 radical (unpaired) electrons. The molecule has 2 heterocycles. The van der Waals surface area contributed by atoms with Gasteiger partial charge in [0.25, 0.3) is 0 Å². The maximum atomic E-state index is 12.6. The Morgan fingerprint density at radius 1 is 1.27 bits per heavy atom. The van der Waals surface area contributed by atoms with Crippen molar-refractivity contribution >= 4 is 39.6 Å². The first-order valence-electron chi connectivity index (χ1n) is 6.89. The number of fused-ring (bicyclic) bond motifs is 2. The second kappa shape index (κ2) is 5.04. The van der Waals surface area contributed by atoms with Crippen molar-refractivity contribution in [3.63, 3.8) is 0 Å². The zero-order valence-electron chi connectivity index (χ0n) is 11.4. The largest absolute Gasteiger partial charge is 0.358 e. The molecular formula is C16H11ClN2O2S. The Hall–Kier alpha value is -1.98. The lowest BCUT2D eigenvalue weighted by Gasteiger charge is -2.22. The molecular weight excluding hydrogens is 320 g/mol. The van der Waals surface area contributed by atoms with Crippen LogP contribution in [0.3, 0.4) is 0 Å². The predicted molar refractivity (Wildman–Crippen MR) is 87.1 cm³/mol. The van der Waals surface area contributed by atoms with Gasteiger partial charge in [-0.15, -0.1) is 11.3 Å². The third-order valence-electron chi connectivity index (χ3n) is 4.07. The molecule has 0 bridgehead atoms. The van der Waals surface area contributed by atoms with E-state index in [1.54, 1.807) is 23.7 Å². The van der Waals surface area contributed by atoms with Gasteiger partial charge in [-0.1, -0.05) is 11.6 Å². The van der Waals surface area contributed by atoms with Crippen LogP contribution in [0, 0.1) is 0 Å². The van der Waals surface area contributed by atoms with Gasteiger partial charge >= 0.3 is 0 Å². The molecule has 0 fully saturated rings. The lowest BCUT2D eigenvalue weighted by molar-refractivity contribution is 0.0961. The van der Waals surface area contributed by atoms with E-state index in [2.05, 4.69) is 9.97 Å². The average molecular weight is 331 g/mol. The molecule has 0 aliphatic heterocycles. The number of rotatable bonds is 1. The van der Waals surface area contributed by atoms with Gasteiger partial charge in [0.1, 0.15) is 0 Å². The molecule has 1 unspecified atom stereocenters. The van der Waals surface area contributed by atoms with E-state index in [9.17, 15) is 9.59 Å². The highest BCUT2D eigenvalue weighted by atomic mass is 35.5. The van der Waals surface area contributed by atoms with E-state index in [-0.39, 0.29) is 22.7 Å². The van der Waals surface area contributed by atoms with E-state index >= 15 is 0 Å². The van der Waals surface area contributed by atoms with E-state index in [0.29, 0.717) is 34.5 Å². The summed E-state index contributed by atoms with van der Waals surface area (Å²) in [6.07, 6.45) is 0.949. The smallest absolute Gasteiger partial charge is 0.200 e. The SMILES string of the molecule is O=C1CC(c2cscn2)Cc2[nH]c3ccc(Cl)cc3c(=O)c21. The average Bonchev–Trinajstić information content (AvgIpc) is 3.02. The number of pyridine rings is 1. The molecule has 6 heteroatoms. The van der Waals surface area contributed by atoms with Gasteiger partial charge in [-0.25, -0.2) is 4.98 Å². The number of ketones is 1. The van der Waals surface area contributed by atoms with Crippen LogP contribution in [0.15, 0.2) is 33.9 Å². The van der Waals surface area contributed by atoms with E-state index in [1.807, 2.05) is 5.38 Å². The number of benzene rings is 1. The fourth-order valence-corrected chi connectivity index (χ4v) is 3.84. The maximum Gasteiger partial charge on any atom is 0.200 e. The molecule has 0 amide bonds. The van der Waals surface area contributed by atoms with Crippen molar-refractivity contribution in [3.8, 4) is 0 Å². The number of halogens is 1. The van der Waals surface area contributed by atoms with Crippen molar-refractivity contribution in [2.24, 2.45) is 0 Å². The number of nitrogens with one attached hydrogen (secondary N) is 1. The van der Waals surface area contributed by atoms with Gasteiger partial charge < -0.3 is 4.98 Å². The van der Waals surface area contributed by atoms with Crippen LogP contribution >= 0.6 is 22.9 Å². The summed E-state index contributed by atoms with van der Waals surface area (Å²) in [7, 11) is 0. The first-order valence-corrected chi connectivity index (χ1v) is 8.21. The molecule has 110 valence electrons. The molecule has 0 saturated carbocycles. The topological polar surface area (TPSA) is 62.8 Å². The highest BCUT2D eigenvalue weighted by Gasteiger charge is 2.30. The molecule has 1 atom stereocenters. The second-order valence-electron chi connectivity index (χ2n) is 5.44. The van der Waals surface area contributed by atoms with Crippen LogP contribution in [0.1, 0.15) is 34.1 Å². The summed E-state index contributed by atoms with van der Waals surface area (Å²) in [5.74, 6) is -0.0889. The Kier molecular flexibility index (Phi) is 3.13. The van der Waals surface area contributed by atoms with Crippen LogP contribution < -0.4 is 5.43 Å². The molecule has 1 aliphatic rings. The number of aromatic nitrogens is 2. The molecule has 0 saturated heterocycles. The van der Waals surface area contributed by atoms with Gasteiger partial charge in [-0.3, -0.25) is 9.59 Å². The number of carbonyl (C=O) groups excluding carboxylic acids is 1. The summed E-state index contributed by atoms with van der Waals surface area (Å²) in [5.41, 5.74) is 4.14. The molecule has 2 aromatic heterocycles. The summed E-state index contributed by atoms with van der Waals surface area (Å²) in [5, 5.41) is 2.91. The summed E-state index contributed by atoms with van der Waals surface area (Å²) in [6, 6.07) is 5.11. The van der Waals surface area contributed by atoms with Crippen molar-refractivity contribution in [2.45, 2.75) is 18.8 Å². The number of nitrogens with zero attached hydrogens (tertiary/aromatic N) is 1. The van der Waals surface area contributed by atoms with E-state index in [1.165, 1.54) is 11.3 Å². The van der Waals surface area contributed by atoms with Crippen LogP contribution in [0.4, 0.5) is 0 Å². The lowest BCUT2D eigenvalue weighted by Crippen LogP contribution is -2.27. The molecule has 1 aliphatic carbocycles. The third kappa shape index (κ3) is 2.09. The lowest BCUT2D eigenvalue weighted by atomic mass is 9.83. The number of hydrogen-bond donors (Lipinski definition) is 1. The summed E-state index contributed by atoms with van der Waals surface area (Å²) in [4.78, 5) is 32.6. The van der Waals surface area contributed by atoms with Crippen molar-refractivity contribution in [1.82, 2.24) is 9.97 Å². The molecule has 3 aromatic rings. The fourth-order valence-electron chi connectivity index (χ4n) is 3.04. The monoisotopic (exact) mass is 330 g/mol. The molecule has 4 nitrogen and oxygen atoms in total. The molecule has 1 aromatic carbocycles. The van der Waals surface area contributed by atoms with Crippen LogP contribution in [0.2, 0.25) is 5.02 Å². The molecule has 0 spiro atoms. The van der Waals surface area contributed by atoms with E-state index < -0.39 is 0 Å². The molecule has 1 N–H and O–H groups in total. The number of hydrogen-bond acceptors (Lipinski definition) is 4. The van der Waals surface area contributed by atoms with Crippen molar-refractivity contribution in [3.05, 3.63) is 61.3 Å². The summed E-state index contributed by atoms with van der Waals surface area (Å²) in [6.45, 7) is 0. The zero-order chi connectivity index (χ0) is 15.3. The quantitative estimate of drug-likeness (QED) is 0.742. The van der Waals surface area contributed by atoms with E-state index in [0.717, 1.165) is 5.69 Å². The highest BCUT2D eigenvalue weighted by molar-refractivity contribution is 7.07. The van der Waals surface area contributed by atoms with Crippen molar-refractivity contribution in [1.29, 1.82) is 0 Å². The Morgan fingerprint density at radius 2 is 2.14 bits per heavy atom. The number of carbonyl (C=O) groups is 1. The first kappa shape index (κ1) is 13.7. The Morgan fingerprint density at radius 3 is 2.91 bits per heavy atom. The van der Waals surface area contributed by atoms with Gasteiger partial charge in [-0.05, 0) is 24.6 Å². The fraction of sp³-hybridized carbons (Fsp3) is 0.188. The van der Waals surface area contributed by atoms with Crippen molar-refractivity contribution < 1.29 is 4.79 Å². The minimum Gasteiger partial charge on any atom is -0.358 e. The minimum absolute atomic E-state index is 0.0339. The number of Topliss-reactive ketones (excluding diaryl/α,β-unsaturated/α-hetero) is 1. The van der Waals surface area contributed by atoms with Gasteiger partial charge in [-0.2, -0.15) is 0 Å². The van der Waals surface area contributed by atoms with Crippen molar-refractivity contribution in [2.75, 3.05) is 0 Å². The van der Waals surface area contributed by atoms with Crippen LogP contribution in [0.25, 0.3) is 10.9 Å². The number of H-pyrrole nitrogens is 1. The molecule has 4 rings (SSSR count). The summed E-state index contributed by atoms with van der Waals surface area (Å²) >= 11 is 7.47. The Balaban J connectivity index is 1.91. The summed E-state index contributed by atoms with van der Waals surface area (Å²) < 4.78 is 0. The van der Waals surface area contributed by atoms with E-state index in [4.69, 9.17) is 11.6 Å². The minimum atomic E-state index is -0.229. The van der Waals surface area contributed by atoms with Crippen LogP contribution in [0.5, 0.6) is 0 Å². The highest BCUT2D eigenvalue weighted by Crippen LogP contribution is 2.31. The number of thiazole rings is 1. The number of aromatic amines is 1. The van der Waals surface area contributed by atoms with Crippen LogP contribution in [-0.2, 0) is 6.42 Å². The third-order valence-corrected chi connectivity index (χ3v) is 4.91. The normalized spacial score (nSPS) is 17.7. The first-order chi connectivity index (χ1) is 10.6. The Labute approximate surface area is 134 Å². The predicted octanol–water partition coefficient (Wildman–Crippen LogP) is 3.55. The van der Waals surface area contributed by atoms with Gasteiger partial charge in [0.2, 0.25) is 5.43 Å².